The zero-order valence-electron chi connectivity index (χ0n) is 14.0. The van der Waals surface area contributed by atoms with Gasteiger partial charge in [0.05, 0.1) is 0 Å². The molecule has 0 aromatic heterocycles. The van der Waals surface area contributed by atoms with Crippen LogP contribution >= 0.6 is 11.6 Å². The van der Waals surface area contributed by atoms with Crippen LogP contribution in [-0.2, 0) is 6.42 Å². The van der Waals surface area contributed by atoms with E-state index in [0.29, 0.717) is 26.1 Å². The molecule has 3 rings (SSSR count). The van der Waals surface area contributed by atoms with Crippen molar-refractivity contribution in [3.63, 3.8) is 0 Å². The molecule has 132 valence electrons. The Morgan fingerprint density at radius 1 is 1.08 bits per heavy atom. The Bertz CT molecular complexity index is 730. The molecule has 1 saturated heterocycles. The average Bonchev–Trinajstić information content (AvgIpc) is 2.62. The topological polar surface area (TPSA) is 55.8 Å². The van der Waals surface area contributed by atoms with Gasteiger partial charge < -0.3 is 20.2 Å². The molecule has 2 amide bonds. The molecule has 1 fully saturated rings. The average molecular weight is 360 g/mol. The third kappa shape index (κ3) is 4.79. The summed E-state index contributed by atoms with van der Waals surface area (Å²) in [5.41, 5.74) is 2.10. The van der Waals surface area contributed by atoms with Gasteiger partial charge in [-0.25, -0.2) is 4.79 Å². The molecule has 6 heteroatoms. The first-order valence-electron chi connectivity index (χ1n) is 8.43. The quantitative estimate of drug-likeness (QED) is 0.881. The smallest absolute Gasteiger partial charge is 0.317 e. The van der Waals surface area contributed by atoms with Crippen molar-refractivity contribution in [2.45, 2.75) is 6.42 Å². The maximum absolute atomic E-state index is 12.3. The Labute approximate surface area is 152 Å². The first-order valence-corrected chi connectivity index (χ1v) is 8.81. The van der Waals surface area contributed by atoms with Crippen molar-refractivity contribution >= 4 is 23.3 Å². The van der Waals surface area contributed by atoms with Gasteiger partial charge in [-0.1, -0.05) is 29.8 Å². The molecule has 25 heavy (non-hydrogen) atoms. The summed E-state index contributed by atoms with van der Waals surface area (Å²) in [6, 6.07) is 14.9. The van der Waals surface area contributed by atoms with Crippen molar-refractivity contribution in [2.75, 3.05) is 37.6 Å². The number of piperazine rings is 1. The van der Waals surface area contributed by atoms with Gasteiger partial charge in [-0.3, -0.25) is 0 Å². The number of amides is 2. The lowest BCUT2D eigenvalue weighted by molar-refractivity contribution is 0.194. The normalized spacial score (nSPS) is 14.4. The van der Waals surface area contributed by atoms with Gasteiger partial charge in [0.2, 0.25) is 0 Å². The Morgan fingerprint density at radius 2 is 1.84 bits per heavy atom. The van der Waals surface area contributed by atoms with E-state index in [2.05, 4.69) is 10.2 Å². The molecule has 0 unspecified atom stereocenters. The molecule has 0 radical (unpaired) electrons. The van der Waals surface area contributed by atoms with E-state index in [4.69, 9.17) is 11.6 Å². The van der Waals surface area contributed by atoms with Gasteiger partial charge in [-0.05, 0) is 42.3 Å². The van der Waals surface area contributed by atoms with E-state index in [-0.39, 0.29) is 11.8 Å². The first-order chi connectivity index (χ1) is 12.1. The number of rotatable bonds is 4. The summed E-state index contributed by atoms with van der Waals surface area (Å²) in [5.74, 6) is 0.251. The predicted octanol–water partition coefficient (Wildman–Crippen LogP) is 3.12. The molecule has 1 aliphatic heterocycles. The highest BCUT2D eigenvalue weighted by atomic mass is 35.5. The van der Waals surface area contributed by atoms with Crippen LogP contribution in [0.15, 0.2) is 48.5 Å². The lowest BCUT2D eigenvalue weighted by Gasteiger charge is -2.36. The van der Waals surface area contributed by atoms with Crippen LogP contribution in [0, 0.1) is 0 Å². The van der Waals surface area contributed by atoms with Crippen molar-refractivity contribution in [2.24, 2.45) is 0 Å². The summed E-state index contributed by atoms with van der Waals surface area (Å²) in [6.07, 6.45) is 0.697. The maximum Gasteiger partial charge on any atom is 0.317 e. The summed E-state index contributed by atoms with van der Waals surface area (Å²) in [6.45, 7) is 3.51. The molecule has 2 aromatic rings. The van der Waals surface area contributed by atoms with Gasteiger partial charge in [0, 0.05) is 43.4 Å². The number of hydrogen-bond acceptors (Lipinski definition) is 3. The molecule has 5 nitrogen and oxygen atoms in total. The van der Waals surface area contributed by atoms with Crippen LogP contribution in [0.1, 0.15) is 5.56 Å². The molecule has 0 aliphatic carbocycles. The van der Waals surface area contributed by atoms with Crippen LogP contribution in [-0.4, -0.2) is 48.8 Å². The van der Waals surface area contributed by atoms with E-state index < -0.39 is 0 Å². The van der Waals surface area contributed by atoms with Crippen LogP contribution in [0.3, 0.4) is 0 Å². The lowest BCUT2D eigenvalue weighted by Crippen LogP contribution is -2.52. The van der Waals surface area contributed by atoms with Crippen LogP contribution in [0.2, 0.25) is 5.02 Å². The van der Waals surface area contributed by atoms with Gasteiger partial charge in [-0.15, -0.1) is 0 Å². The zero-order valence-corrected chi connectivity index (χ0v) is 14.7. The third-order valence-corrected chi connectivity index (χ3v) is 4.58. The molecule has 0 saturated carbocycles. The molecule has 2 aromatic carbocycles. The number of phenolic OH excluding ortho intramolecular Hbond substituents is 1. The Hall–Kier alpha value is -2.40. The molecule has 0 atom stereocenters. The molecule has 0 bridgehead atoms. The van der Waals surface area contributed by atoms with E-state index in [1.165, 1.54) is 0 Å². The summed E-state index contributed by atoms with van der Waals surface area (Å²) in [5, 5.41) is 13.1. The predicted molar refractivity (Wildman–Crippen MR) is 100 cm³/mol. The van der Waals surface area contributed by atoms with Crippen LogP contribution in [0.4, 0.5) is 10.5 Å². The molecule has 1 heterocycles. The number of carbonyl (C=O) groups is 1. The molecular formula is C19H22ClN3O2. The molecule has 0 spiro atoms. The van der Waals surface area contributed by atoms with E-state index in [1.807, 2.05) is 41.3 Å². The largest absolute Gasteiger partial charge is 0.508 e. The number of urea groups is 1. The highest BCUT2D eigenvalue weighted by Crippen LogP contribution is 2.20. The second-order valence-electron chi connectivity index (χ2n) is 6.11. The first kappa shape index (κ1) is 17.4. The van der Waals surface area contributed by atoms with Gasteiger partial charge in [0.15, 0.2) is 0 Å². The summed E-state index contributed by atoms with van der Waals surface area (Å²) >= 11 is 6.04. The highest BCUT2D eigenvalue weighted by molar-refractivity contribution is 6.30. The Balaban J connectivity index is 1.44. The number of aromatic hydroxyl groups is 1. The fraction of sp³-hybridized carbons (Fsp3) is 0.316. The number of nitrogens with zero attached hydrogens (tertiary/aromatic N) is 2. The number of phenols is 1. The van der Waals surface area contributed by atoms with Crippen molar-refractivity contribution in [1.29, 1.82) is 0 Å². The monoisotopic (exact) mass is 359 g/mol. The van der Waals surface area contributed by atoms with Gasteiger partial charge in [0.1, 0.15) is 5.75 Å². The van der Waals surface area contributed by atoms with Gasteiger partial charge >= 0.3 is 6.03 Å². The fourth-order valence-corrected chi connectivity index (χ4v) is 3.16. The lowest BCUT2D eigenvalue weighted by atomic mass is 10.1. The molecular weight excluding hydrogens is 338 g/mol. The number of carbonyl (C=O) groups excluding carboxylic acids is 1. The van der Waals surface area contributed by atoms with Gasteiger partial charge in [0.25, 0.3) is 0 Å². The maximum atomic E-state index is 12.3. The third-order valence-electron chi connectivity index (χ3n) is 4.34. The summed E-state index contributed by atoms with van der Waals surface area (Å²) < 4.78 is 0. The second kappa shape index (κ2) is 8.12. The standard InChI is InChI=1S/C19H22ClN3O2/c20-16-4-2-5-17(14-16)22-9-11-23(12-10-22)19(25)21-8-7-15-3-1-6-18(24)13-15/h1-6,13-14,24H,7-12H2,(H,21,25). The SMILES string of the molecule is O=C(NCCc1cccc(O)c1)N1CCN(c2cccc(Cl)c2)CC1. The number of halogens is 1. The van der Waals surface area contributed by atoms with Gasteiger partial charge in [-0.2, -0.15) is 0 Å². The minimum Gasteiger partial charge on any atom is -0.508 e. The number of benzene rings is 2. The molecule has 1 aliphatic rings. The minimum atomic E-state index is -0.0362. The van der Waals surface area contributed by atoms with E-state index >= 15 is 0 Å². The van der Waals surface area contributed by atoms with Crippen molar-refractivity contribution in [3.8, 4) is 5.75 Å². The fourth-order valence-electron chi connectivity index (χ4n) is 2.98. The van der Waals surface area contributed by atoms with Crippen LogP contribution in [0.5, 0.6) is 5.75 Å². The number of nitrogens with one attached hydrogen (secondary N) is 1. The van der Waals surface area contributed by atoms with E-state index in [1.54, 1.807) is 12.1 Å². The minimum absolute atomic E-state index is 0.0362. The summed E-state index contributed by atoms with van der Waals surface area (Å²) in [4.78, 5) is 16.4. The molecule has 2 N–H and O–H groups in total. The zero-order chi connectivity index (χ0) is 17.6. The van der Waals surface area contributed by atoms with Crippen LogP contribution < -0.4 is 10.2 Å². The van der Waals surface area contributed by atoms with Crippen molar-refractivity contribution in [3.05, 3.63) is 59.1 Å². The van der Waals surface area contributed by atoms with E-state index in [9.17, 15) is 9.90 Å². The number of anilines is 1. The Morgan fingerprint density at radius 3 is 2.56 bits per heavy atom. The number of hydrogen-bond donors (Lipinski definition) is 2. The van der Waals surface area contributed by atoms with Crippen molar-refractivity contribution in [1.82, 2.24) is 10.2 Å². The van der Waals surface area contributed by atoms with Crippen molar-refractivity contribution < 1.29 is 9.90 Å². The Kier molecular flexibility index (Phi) is 5.66. The summed E-state index contributed by atoms with van der Waals surface area (Å²) in [7, 11) is 0. The van der Waals surface area contributed by atoms with Crippen LogP contribution in [0.25, 0.3) is 0 Å². The van der Waals surface area contributed by atoms with E-state index in [0.717, 1.165) is 29.4 Å². The second-order valence-corrected chi connectivity index (χ2v) is 6.54. The highest BCUT2D eigenvalue weighted by Gasteiger charge is 2.21.